The molecule has 6 fully saturated rings. The lowest BCUT2D eigenvalue weighted by Crippen LogP contribution is -2.71. The number of amides is 3. The van der Waals surface area contributed by atoms with E-state index in [-0.39, 0.29) is 12.3 Å². The van der Waals surface area contributed by atoms with E-state index in [2.05, 4.69) is 29.8 Å². The molecule has 20 N–H and O–H groups in total. The number of unbranched alkanes of at least 4 members (excludes halogenated alkanes) is 29. The normalized spacial score (nSPS) is 36.5. The minimum absolute atomic E-state index is 0.169. The first-order valence-corrected chi connectivity index (χ1v) is 42.8. The molecule has 115 heavy (non-hydrogen) atoms. The number of ether oxygens (including phenoxy) is 12. The summed E-state index contributed by atoms with van der Waals surface area (Å²) >= 11 is 0. The lowest BCUT2D eigenvalue weighted by Gasteiger charge is -2.52. The van der Waals surface area contributed by atoms with Crippen molar-refractivity contribution >= 4 is 17.7 Å². The molecule has 6 saturated heterocycles. The summed E-state index contributed by atoms with van der Waals surface area (Å²) in [5.41, 5.74) is 0. The molecule has 0 aliphatic carbocycles. The Morgan fingerprint density at radius 3 is 1.17 bits per heavy atom. The van der Waals surface area contributed by atoms with Crippen molar-refractivity contribution in [2.75, 3.05) is 39.6 Å². The molecule has 0 bridgehead atoms. The first kappa shape index (κ1) is 101. The third-order valence-corrected chi connectivity index (χ3v) is 22.7. The van der Waals surface area contributed by atoms with Gasteiger partial charge in [-0.05, 0) is 26.2 Å². The van der Waals surface area contributed by atoms with Crippen LogP contribution in [0.25, 0.3) is 0 Å². The second-order valence-electron chi connectivity index (χ2n) is 32.1. The fourth-order valence-corrected chi connectivity index (χ4v) is 15.7. The van der Waals surface area contributed by atoms with Crippen molar-refractivity contribution < 1.29 is 158 Å². The van der Waals surface area contributed by atoms with Crippen LogP contribution in [-0.2, 0) is 71.2 Å². The Kier molecular flexibility index (Phi) is 47.8. The Bertz CT molecular complexity index is 2650. The van der Waals surface area contributed by atoms with Gasteiger partial charge in [-0.2, -0.15) is 0 Å². The minimum atomic E-state index is -2.26. The number of nitrogens with one attached hydrogen (secondary N) is 3. The van der Waals surface area contributed by atoms with Gasteiger partial charge in [0.25, 0.3) is 0 Å². The summed E-state index contributed by atoms with van der Waals surface area (Å²) < 4.78 is 72.5. The molecular formula is C80H145N3O32. The average molecular weight is 1660 g/mol. The Labute approximate surface area is 677 Å². The van der Waals surface area contributed by atoms with Gasteiger partial charge in [0.2, 0.25) is 17.7 Å². The maximum Gasteiger partial charge on any atom is 0.220 e. The van der Waals surface area contributed by atoms with E-state index in [0.717, 1.165) is 65.2 Å². The molecule has 6 rings (SSSR count). The van der Waals surface area contributed by atoms with E-state index in [9.17, 15) is 101 Å². The molecule has 0 aromatic heterocycles. The molecule has 3 amide bonds. The van der Waals surface area contributed by atoms with Crippen molar-refractivity contribution in [1.29, 1.82) is 0 Å². The maximum absolute atomic E-state index is 13.6. The quantitative estimate of drug-likeness (QED) is 0.0285. The molecule has 0 radical (unpaired) electrons. The first-order chi connectivity index (χ1) is 55.3. The van der Waals surface area contributed by atoms with Crippen LogP contribution in [0.15, 0.2) is 12.2 Å². The zero-order chi connectivity index (χ0) is 84.1. The largest absolute Gasteiger partial charge is 0.394 e. The molecule has 0 aromatic rings. The van der Waals surface area contributed by atoms with Crippen LogP contribution in [0.4, 0.5) is 0 Å². The highest BCUT2D eigenvalue weighted by molar-refractivity contribution is 5.76. The Morgan fingerprint density at radius 2 is 0.713 bits per heavy atom. The van der Waals surface area contributed by atoms with Crippen molar-refractivity contribution in [2.45, 2.75) is 436 Å². The molecule has 35 nitrogen and oxygen atoms in total. The summed E-state index contributed by atoms with van der Waals surface area (Å²) in [5, 5.41) is 199. The molecule has 6 heterocycles. The summed E-state index contributed by atoms with van der Waals surface area (Å²) in [6.07, 6.45) is -15.2. The lowest BCUT2D eigenvalue weighted by molar-refractivity contribution is -0.395. The number of hydrogen-bond donors (Lipinski definition) is 20. The van der Waals surface area contributed by atoms with Gasteiger partial charge in [-0.1, -0.05) is 206 Å². The Hall–Kier alpha value is -3.01. The molecule has 0 spiro atoms. The van der Waals surface area contributed by atoms with Gasteiger partial charge >= 0.3 is 0 Å². The molecule has 12 unspecified atom stereocenters. The fourth-order valence-electron chi connectivity index (χ4n) is 15.7. The zero-order valence-electron chi connectivity index (χ0n) is 68.2. The smallest absolute Gasteiger partial charge is 0.220 e. The number of hydrogen-bond acceptors (Lipinski definition) is 32. The highest BCUT2D eigenvalue weighted by Crippen LogP contribution is 2.39. The van der Waals surface area contributed by atoms with E-state index < -0.39 is 248 Å². The third-order valence-electron chi connectivity index (χ3n) is 22.7. The van der Waals surface area contributed by atoms with E-state index in [1.807, 2.05) is 6.08 Å². The second-order valence-corrected chi connectivity index (χ2v) is 32.1. The number of allylic oxidation sites excluding steroid dienone is 1. The molecule has 0 aromatic carbocycles. The summed E-state index contributed by atoms with van der Waals surface area (Å²) in [6, 6.07) is -4.61. The van der Waals surface area contributed by atoms with Gasteiger partial charge in [0.05, 0.1) is 57.9 Å². The van der Waals surface area contributed by atoms with Gasteiger partial charge < -0.3 is 160 Å². The van der Waals surface area contributed by atoms with Gasteiger partial charge in [-0.3, -0.25) is 14.4 Å². The molecule has 6 aliphatic heterocycles. The molecule has 32 atom stereocenters. The van der Waals surface area contributed by atoms with Crippen LogP contribution in [0.1, 0.15) is 240 Å². The van der Waals surface area contributed by atoms with E-state index in [0.29, 0.717) is 12.8 Å². The number of aliphatic hydroxyl groups excluding tert-OH is 17. The van der Waals surface area contributed by atoms with Crippen molar-refractivity contribution in [3.8, 4) is 0 Å². The summed E-state index contributed by atoms with van der Waals surface area (Å²) in [5.74, 6) is -2.02. The van der Waals surface area contributed by atoms with Crippen LogP contribution in [0, 0.1) is 0 Å². The molecule has 35 heteroatoms. The maximum atomic E-state index is 13.6. The van der Waals surface area contributed by atoms with Crippen LogP contribution in [-0.4, -0.2) is 340 Å². The van der Waals surface area contributed by atoms with Crippen LogP contribution in [0.3, 0.4) is 0 Å². The molecule has 672 valence electrons. The van der Waals surface area contributed by atoms with E-state index in [1.165, 1.54) is 142 Å². The van der Waals surface area contributed by atoms with Crippen LogP contribution in [0.2, 0.25) is 0 Å². The predicted octanol–water partition coefficient (Wildman–Crippen LogP) is 0.164. The van der Waals surface area contributed by atoms with E-state index in [4.69, 9.17) is 56.8 Å². The van der Waals surface area contributed by atoms with Gasteiger partial charge in [-0.25, -0.2) is 0 Å². The average Bonchev–Trinajstić information content (AvgIpc) is 0.717. The minimum Gasteiger partial charge on any atom is -0.394 e. The Balaban J connectivity index is 1.14. The van der Waals surface area contributed by atoms with Crippen LogP contribution >= 0.6 is 0 Å². The molecule has 6 aliphatic rings. The number of rotatable bonds is 55. The van der Waals surface area contributed by atoms with Crippen LogP contribution in [0.5, 0.6) is 0 Å². The van der Waals surface area contributed by atoms with Crippen LogP contribution < -0.4 is 16.0 Å². The van der Waals surface area contributed by atoms with Crippen molar-refractivity contribution in [3.63, 3.8) is 0 Å². The van der Waals surface area contributed by atoms with E-state index >= 15 is 0 Å². The zero-order valence-corrected chi connectivity index (χ0v) is 68.2. The third kappa shape index (κ3) is 31.7. The fraction of sp³-hybridized carbons (Fsp3) is 0.938. The molecular weight excluding hydrogens is 1510 g/mol. The van der Waals surface area contributed by atoms with Crippen molar-refractivity contribution in [1.82, 2.24) is 16.0 Å². The Morgan fingerprint density at radius 1 is 0.357 bits per heavy atom. The SMILES string of the molecule is CCCCCCCCCCCCC/C=C/[C@@H](O)[C@H](CO[C@@H]1OC(CO)[C@@H](O[C@@H]2OC(CO)[C@H](O)[C@H](O[C@@H]3OC(CO)[C@@H](O[C@@H]4OC(CO)[C@H](O)[C@H](O[C@@H]5OC(CO)[C@@H](O)[C@H](O)C5NC(C)=O)C4O)[C@H](O[C@H]4OC(C)[C@@H](O)C(O)[C@@H]4O)C3NC(C)=O)C2O)[C@H](O)C1O)NC(=O)CCCCCCCCCCCCCCCCCCCCC. The number of carbonyl (C=O) groups is 3. The topological polar surface area (TPSA) is 542 Å². The van der Waals surface area contributed by atoms with Gasteiger partial charge in [0, 0.05) is 20.3 Å². The first-order valence-electron chi connectivity index (χ1n) is 42.8. The number of aliphatic hydroxyl groups is 17. The standard InChI is InChI=1S/C80H145N3O32/c1-6-8-10-12-14-16-18-20-21-22-23-24-25-27-29-31-33-35-37-39-56(92)83-49(50(91)38-36-34-32-30-28-26-19-17-15-13-11-9-7-2)45-104-77-67(101)65(99)70(54(43-87)110-77)111-79-68(102)74(62(96)52(41-85)107-79)115-76-58(82-48(5)90)72(113-78-66(100)64(98)59(93)46(3)105-78)71(55(44-88)109-76)112-80-69(103)73(61(95)53(42-86)108-80)114-75-57(81-47(4)89)63(97)60(94)51(40-84)106-75/h36,38,46,49-55,57-80,84-88,91,93-103H,6-35,37,39-45H2,1-5H3,(H,81,89)(H,82,90)(H,83,92)/b38-36+/t46?,49-,50+,51?,52?,53?,54?,55?,57?,58?,59+,60+,61-,62-,63+,64?,65+,66-,67?,68?,69?,70+,71+,72+,73-,74-,75-,76-,77+,78+,79-,80-/m0/s1. The summed E-state index contributed by atoms with van der Waals surface area (Å²) in [7, 11) is 0. The molecule has 0 saturated carbocycles. The van der Waals surface area contributed by atoms with Gasteiger partial charge in [0.15, 0.2) is 37.7 Å². The van der Waals surface area contributed by atoms with Gasteiger partial charge in [0.1, 0.15) is 140 Å². The highest BCUT2D eigenvalue weighted by Gasteiger charge is 2.59. The lowest BCUT2D eigenvalue weighted by atomic mass is 9.93. The predicted molar refractivity (Wildman–Crippen MR) is 411 cm³/mol. The number of carbonyl (C=O) groups excluding carboxylic acids is 3. The summed E-state index contributed by atoms with van der Waals surface area (Å²) in [4.78, 5) is 39.4. The second kappa shape index (κ2) is 54.5. The van der Waals surface area contributed by atoms with E-state index in [1.54, 1.807) is 6.08 Å². The summed E-state index contributed by atoms with van der Waals surface area (Å²) in [6.45, 7) is 2.29. The monoisotopic (exact) mass is 1660 g/mol. The van der Waals surface area contributed by atoms with Crippen molar-refractivity contribution in [2.24, 2.45) is 0 Å². The highest BCUT2D eigenvalue weighted by atomic mass is 16.8. The van der Waals surface area contributed by atoms with Gasteiger partial charge in [-0.15, -0.1) is 0 Å². The van der Waals surface area contributed by atoms with Crippen molar-refractivity contribution in [3.05, 3.63) is 12.2 Å².